The minimum Gasteiger partial charge on any atom is -0.481 e. The van der Waals surface area contributed by atoms with Gasteiger partial charge < -0.3 is 10.0 Å². The van der Waals surface area contributed by atoms with Gasteiger partial charge in [-0.25, -0.2) is 13.8 Å². The molecule has 32 heavy (non-hydrogen) atoms. The first-order valence-corrected chi connectivity index (χ1v) is 11.8. The molecule has 6 nitrogen and oxygen atoms in total. The van der Waals surface area contributed by atoms with Crippen molar-refractivity contribution in [3.8, 4) is 0 Å². The lowest BCUT2D eigenvalue weighted by Crippen LogP contribution is -2.48. The smallest absolute Gasteiger partial charge is 0.311 e. The zero-order valence-electron chi connectivity index (χ0n) is 19.5. The van der Waals surface area contributed by atoms with Crippen LogP contribution in [-0.4, -0.2) is 44.7 Å². The minimum atomic E-state index is -2.57. The molecular weight excluding hydrogens is 414 g/mol. The van der Waals surface area contributed by atoms with Crippen molar-refractivity contribution in [2.45, 2.75) is 90.4 Å². The molecule has 4 rings (SSSR count). The molecule has 1 aliphatic carbocycles. The molecule has 1 saturated heterocycles. The van der Waals surface area contributed by atoms with E-state index in [1.54, 1.807) is 0 Å². The number of carbonyl (C=O) groups is 1. The van der Waals surface area contributed by atoms with Crippen LogP contribution in [0.5, 0.6) is 0 Å². The van der Waals surface area contributed by atoms with Crippen molar-refractivity contribution in [1.29, 1.82) is 0 Å². The Balaban J connectivity index is 1.80. The Labute approximate surface area is 188 Å². The highest BCUT2D eigenvalue weighted by molar-refractivity contribution is 5.76. The van der Waals surface area contributed by atoms with Crippen molar-refractivity contribution in [3.63, 3.8) is 0 Å². The first kappa shape index (κ1) is 22.9. The summed E-state index contributed by atoms with van der Waals surface area (Å²) < 4.78 is 29.2. The van der Waals surface area contributed by atoms with Crippen LogP contribution in [0.3, 0.4) is 0 Å². The van der Waals surface area contributed by atoms with Gasteiger partial charge in [0, 0.05) is 49.2 Å². The summed E-state index contributed by atoms with van der Waals surface area (Å²) in [4.78, 5) is 19.1. The van der Waals surface area contributed by atoms with Gasteiger partial charge in [-0.3, -0.25) is 4.79 Å². The van der Waals surface area contributed by atoms with Crippen molar-refractivity contribution >= 4 is 17.4 Å². The fourth-order valence-corrected chi connectivity index (χ4v) is 5.58. The predicted molar refractivity (Wildman–Crippen MR) is 120 cm³/mol. The number of hydrogen-bond acceptors (Lipinski definition) is 4. The van der Waals surface area contributed by atoms with Crippen molar-refractivity contribution in [1.82, 2.24) is 14.6 Å². The molecule has 2 aliphatic rings. The molecule has 176 valence electrons. The summed E-state index contributed by atoms with van der Waals surface area (Å²) in [6.07, 6.45) is 2.67. The molecule has 8 heteroatoms. The second-order valence-electron chi connectivity index (χ2n) is 10.0. The van der Waals surface area contributed by atoms with Crippen molar-refractivity contribution < 1.29 is 18.7 Å². The Morgan fingerprint density at radius 1 is 1.28 bits per heavy atom. The molecule has 1 aliphatic heterocycles. The molecule has 1 N–H and O–H groups in total. The SMILES string of the molecule is CCC1(C(=O)O)CCCN(c2c(C(C)C)c(C)nc3cc(C4CCC(F)(F)CC4)nn23)C1. The third-order valence-corrected chi connectivity index (χ3v) is 7.54. The highest BCUT2D eigenvalue weighted by Gasteiger charge is 2.42. The highest BCUT2D eigenvalue weighted by Crippen LogP contribution is 2.42. The number of piperidine rings is 1. The van der Waals surface area contributed by atoms with Gasteiger partial charge in [0.2, 0.25) is 5.92 Å². The molecule has 1 atom stereocenters. The van der Waals surface area contributed by atoms with Gasteiger partial charge in [-0.15, -0.1) is 0 Å². The third-order valence-electron chi connectivity index (χ3n) is 7.54. The summed E-state index contributed by atoms with van der Waals surface area (Å²) in [5, 5.41) is 14.9. The first-order chi connectivity index (χ1) is 15.1. The maximum absolute atomic E-state index is 13.7. The Hall–Kier alpha value is -2.25. The van der Waals surface area contributed by atoms with Gasteiger partial charge in [0.1, 0.15) is 5.82 Å². The number of fused-ring (bicyclic) bond motifs is 1. The lowest BCUT2D eigenvalue weighted by Gasteiger charge is -2.41. The number of aromatic nitrogens is 3. The number of nitrogens with zero attached hydrogens (tertiary/aromatic N) is 4. The summed E-state index contributed by atoms with van der Waals surface area (Å²) >= 11 is 0. The Morgan fingerprint density at radius 3 is 2.56 bits per heavy atom. The largest absolute Gasteiger partial charge is 0.481 e. The van der Waals surface area contributed by atoms with Gasteiger partial charge in [-0.05, 0) is 44.9 Å². The second-order valence-corrected chi connectivity index (χ2v) is 10.0. The predicted octanol–water partition coefficient (Wildman–Crippen LogP) is 5.54. The summed E-state index contributed by atoms with van der Waals surface area (Å²) in [7, 11) is 0. The van der Waals surface area contributed by atoms with E-state index in [1.165, 1.54) is 0 Å². The van der Waals surface area contributed by atoms with Crippen LogP contribution in [0.4, 0.5) is 14.6 Å². The quantitative estimate of drug-likeness (QED) is 0.651. The van der Waals surface area contributed by atoms with E-state index in [0.717, 1.165) is 35.7 Å². The number of halogens is 2. The van der Waals surface area contributed by atoms with E-state index in [-0.39, 0.29) is 24.7 Å². The molecular formula is C24H34F2N4O2. The van der Waals surface area contributed by atoms with Crippen LogP contribution >= 0.6 is 0 Å². The maximum Gasteiger partial charge on any atom is 0.311 e. The van der Waals surface area contributed by atoms with Crippen LogP contribution in [-0.2, 0) is 4.79 Å². The van der Waals surface area contributed by atoms with E-state index in [0.29, 0.717) is 37.9 Å². The first-order valence-electron chi connectivity index (χ1n) is 11.8. The number of hydrogen-bond donors (Lipinski definition) is 1. The average Bonchev–Trinajstić information content (AvgIpc) is 3.15. The lowest BCUT2D eigenvalue weighted by atomic mass is 9.77. The highest BCUT2D eigenvalue weighted by atomic mass is 19.3. The number of aryl methyl sites for hydroxylation is 1. The molecule has 2 aromatic heterocycles. The number of rotatable bonds is 5. The number of carboxylic acids is 1. The normalized spacial score (nSPS) is 24.4. The molecule has 2 aromatic rings. The van der Waals surface area contributed by atoms with Gasteiger partial charge in [-0.2, -0.15) is 9.61 Å². The van der Waals surface area contributed by atoms with E-state index < -0.39 is 17.3 Å². The summed E-state index contributed by atoms with van der Waals surface area (Å²) in [5.74, 6) is -2.22. The van der Waals surface area contributed by atoms with Crippen LogP contribution in [0.2, 0.25) is 0 Å². The van der Waals surface area contributed by atoms with Crippen LogP contribution in [0.15, 0.2) is 6.07 Å². The zero-order valence-corrected chi connectivity index (χ0v) is 19.5. The molecule has 2 fully saturated rings. The molecule has 0 spiro atoms. The second kappa shape index (κ2) is 8.27. The lowest BCUT2D eigenvalue weighted by molar-refractivity contribution is -0.149. The van der Waals surface area contributed by atoms with Gasteiger partial charge in [-0.1, -0.05) is 20.8 Å². The van der Waals surface area contributed by atoms with Crippen LogP contribution in [0, 0.1) is 12.3 Å². The standard InChI is InChI=1S/C24H34F2N4O2/c1-5-23(22(31)32)9-6-12-29(14-23)21-20(15(2)3)16(4)27-19-13-18(28-30(19)21)17-7-10-24(25,26)11-8-17/h13,15,17H,5-12,14H2,1-4H3,(H,31,32). The van der Waals surface area contributed by atoms with Gasteiger partial charge in [0.15, 0.2) is 5.65 Å². The van der Waals surface area contributed by atoms with Gasteiger partial charge >= 0.3 is 5.97 Å². The van der Waals surface area contributed by atoms with Crippen LogP contribution in [0.25, 0.3) is 5.65 Å². The Kier molecular flexibility index (Phi) is 5.92. The van der Waals surface area contributed by atoms with Crippen molar-refractivity contribution in [2.75, 3.05) is 18.0 Å². The Bertz CT molecular complexity index is 1010. The van der Waals surface area contributed by atoms with E-state index in [1.807, 2.05) is 24.4 Å². The molecule has 0 radical (unpaired) electrons. The van der Waals surface area contributed by atoms with Crippen LogP contribution in [0.1, 0.15) is 94.5 Å². The fraction of sp³-hybridized carbons (Fsp3) is 0.708. The topological polar surface area (TPSA) is 70.7 Å². The number of anilines is 1. The summed E-state index contributed by atoms with van der Waals surface area (Å²) in [6, 6.07) is 1.93. The van der Waals surface area contributed by atoms with Crippen molar-refractivity contribution in [3.05, 3.63) is 23.0 Å². The van der Waals surface area contributed by atoms with E-state index in [2.05, 4.69) is 18.7 Å². The van der Waals surface area contributed by atoms with E-state index in [9.17, 15) is 18.7 Å². The van der Waals surface area contributed by atoms with E-state index in [4.69, 9.17) is 10.1 Å². The fourth-order valence-electron chi connectivity index (χ4n) is 5.58. The van der Waals surface area contributed by atoms with E-state index >= 15 is 0 Å². The molecule has 0 amide bonds. The molecule has 0 aromatic carbocycles. The van der Waals surface area contributed by atoms with Crippen LogP contribution < -0.4 is 4.90 Å². The zero-order chi connectivity index (χ0) is 23.3. The molecule has 3 heterocycles. The molecule has 1 saturated carbocycles. The van der Waals surface area contributed by atoms with Crippen molar-refractivity contribution in [2.24, 2.45) is 5.41 Å². The number of carboxylic acid groups (broad SMARTS) is 1. The molecule has 0 bridgehead atoms. The molecule has 1 unspecified atom stereocenters. The van der Waals surface area contributed by atoms with Gasteiger partial charge in [0.05, 0.1) is 11.1 Å². The minimum absolute atomic E-state index is 0.00193. The summed E-state index contributed by atoms with van der Waals surface area (Å²) in [6.45, 7) is 9.35. The van der Waals surface area contributed by atoms with Gasteiger partial charge in [0.25, 0.3) is 0 Å². The number of alkyl halides is 2. The summed E-state index contributed by atoms with van der Waals surface area (Å²) in [5.41, 5.74) is 2.72. The monoisotopic (exact) mass is 448 g/mol. The average molecular weight is 449 g/mol. The Morgan fingerprint density at radius 2 is 1.97 bits per heavy atom. The number of aliphatic carboxylic acids is 1. The third kappa shape index (κ3) is 3.97. The maximum atomic E-state index is 13.7.